The summed E-state index contributed by atoms with van der Waals surface area (Å²) in [5, 5.41) is 26.6. The maximum absolute atomic E-state index is 12.7. The van der Waals surface area contributed by atoms with Gasteiger partial charge in [0.05, 0.1) is 5.69 Å². The Bertz CT molecular complexity index is 1370. The maximum atomic E-state index is 12.7. The first-order chi connectivity index (χ1) is 15.9. The molecule has 3 N–H and O–H groups in total. The molecule has 0 radical (unpaired) electrons. The molecule has 14 nitrogen and oxygen atoms in total. The summed E-state index contributed by atoms with van der Waals surface area (Å²) in [7, 11) is 0. The van der Waals surface area contributed by atoms with Crippen LogP contribution in [-0.4, -0.2) is 53.5 Å². The summed E-state index contributed by atoms with van der Waals surface area (Å²) in [5.74, 6) is -2.87. The molecule has 0 saturated heterocycles. The van der Waals surface area contributed by atoms with Crippen LogP contribution in [0, 0.1) is 6.92 Å². The first-order valence-corrected chi connectivity index (χ1v) is 9.95. The minimum absolute atomic E-state index is 0.0611. The van der Waals surface area contributed by atoms with E-state index in [9.17, 15) is 14.4 Å². The number of rotatable bonds is 8. The first kappa shape index (κ1) is 21.6. The van der Waals surface area contributed by atoms with Crippen LogP contribution in [-0.2, 0) is 4.79 Å². The van der Waals surface area contributed by atoms with Gasteiger partial charge >= 0.3 is 11.6 Å². The van der Waals surface area contributed by atoms with E-state index in [1.54, 1.807) is 23.0 Å². The molecule has 4 heterocycles. The largest absolute Gasteiger partial charge is 0.479 e. The number of aryl methyl sites for hydroxylation is 1. The quantitative estimate of drug-likeness (QED) is 0.335. The Morgan fingerprint density at radius 1 is 1.24 bits per heavy atom. The summed E-state index contributed by atoms with van der Waals surface area (Å²) in [5.41, 5.74) is -0.313. The number of ether oxygens (including phenoxy) is 1. The van der Waals surface area contributed by atoms with Crippen molar-refractivity contribution in [2.24, 2.45) is 0 Å². The van der Waals surface area contributed by atoms with Crippen molar-refractivity contribution in [1.29, 1.82) is 0 Å². The summed E-state index contributed by atoms with van der Waals surface area (Å²) < 4.78 is 11.6. The van der Waals surface area contributed by atoms with Crippen LogP contribution in [0.3, 0.4) is 0 Å². The van der Waals surface area contributed by atoms with E-state index in [1.807, 2.05) is 6.92 Å². The molecule has 168 valence electrons. The minimum Gasteiger partial charge on any atom is -0.479 e. The molecular formula is C18H14N8O6S. The fourth-order valence-corrected chi connectivity index (χ4v) is 3.28. The van der Waals surface area contributed by atoms with Crippen LogP contribution in [0.4, 0.5) is 16.8 Å². The van der Waals surface area contributed by atoms with E-state index in [1.165, 1.54) is 12.4 Å². The molecule has 4 aromatic rings. The lowest BCUT2D eigenvalue weighted by molar-refractivity contribution is -0.139. The fourth-order valence-electron chi connectivity index (χ4n) is 2.52. The smallest absolute Gasteiger partial charge is 0.381 e. The van der Waals surface area contributed by atoms with E-state index in [2.05, 4.69) is 35.9 Å². The zero-order chi connectivity index (χ0) is 23.4. The van der Waals surface area contributed by atoms with Gasteiger partial charge in [-0.15, -0.1) is 10.2 Å². The second-order valence-corrected chi connectivity index (χ2v) is 7.20. The highest BCUT2D eigenvalue weighted by Gasteiger charge is 2.21. The molecule has 0 aromatic carbocycles. The molecule has 4 rings (SSSR count). The molecular weight excluding hydrogens is 456 g/mol. The number of carboxylic acids is 1. The third kappa shape index (κ3) is 4.99. The Morgan fingerprint density at radius 2 is 2.03 bits per heavy atom. The summed E-state index contributed by atoms with van der Waals surface area (Å²) in [6.07, 6.45) is 4.49. The van der Waals surface area contributed by atoms with E-state index in [0.29, 0.717) is 5.13 Å². The van der Waals surface area contributed by atoms with Crippen LogP contribution in [0.25, 0.3) is 5.13 Å². The third-order valence-corrected chi connectivity index (χ3v) is 4.75. The van der Waals surface area contributed by atoms with Crippen molar-refractivity contribution in [3.05, 3.63) is 58.7 Å². The van der Waals surface area contributed by atoms with Gasteiger partial charge < -0.3 is 19.6 Å². The van der Waals surface area contributed by atoms with Crippen LogP contribution < -0.4 is 21.0 Å². The number of carbonyl (C=O) groups excluding carboxylic acids is 1. The number of aliphatic carboxylic acids is 1. The minimum atomic E-state index is -1.31. The predicted octanol–water partition coefficient (Wildman–Crippen LogP) is 1.23. The monoisotopic (exact) mass is 470 g/mol. The topological polar surface area (TPSA) is 187 Å². The van der Waals surface area contributed by atoms with Gasteiger partial charge in [-0.3, -0.25) is 10.1 Å². The number of anilines is 3. The molecule has 1 amide bonds. The van der Waals surface area contributed by atoms with Crippen molar-refractivity contribution in [3.8, 4) is 10.9 Å². The summed E-state index contributed by atoms with van der Waals surface area (Å²) in [4.78, 5) is 43.9. The summed E-state index contributed by atoms with van der Waals surface area (Å²) in [6, 6.07) is 4.52. The van der Waals surface area contributed by atoms with E-state index >= 15 is 0 Å². The van der Waals surface area contributed by atoms with Crippen LogP contribution in [0.15, 0.2) is 46.0 Å². The van der Waals surface area contributed by atoms with Crippen molar-refractivity contribution in [2.45, 2.75) is 6.92 Å². The Hall–Kier alpha value is -4.66. The van der Waals surface area contributed by atoms with Crippen molar-refractivity contribution in [3.63, 3.8) is 0 Å². The van der Waals surface area contributed by atoms with E-state index in [-0.39, 0.29) is 16.8 Å². The van der Waals surface area contributed by atoms with Gasteiger partial charge in [-0.05, 0) is 19.1 Å². The highest BCUT2D eigenvalue weighted by molar-refractivity contribution is 7.17. The highest BCUT2D eigenvalue weighted by atomic mass is 32.1. The molecule has 4 aromatic heterocycles. The summed E-state index contributed by atoms with van der Waals surface area (Å²) in [6.45, 7) is 1.03. The van der Waals surface area contributed by atoms with Crippen molar-refractivity contribution >= 4 is 40.0 Å². The number of hydrogen-bond donors (Lipinski definition) is 3. The molecule has 0 bridgehead atoms. The van der Waals surface area contributed by atoms with Crippen molar-refractivity contribution < 1.29 is 23.8 Å². The van der Waals surface area contributed by atoms with Crippen molar-refractivity contribution in [2.75, 3.05) is 17.2 Å². The molecule has 0 atom stereocenters. The zero-order valence-electron chi connectivity index (χ0n) is 16.8. The van der Waals surface area contributed by atoms with Crippen LogP contribution in [0.5, 0.6) is 5.75 Å². The van der Waals surface area contributed by atoms with Gasteiger partial charge in [0, 0.05) is 30.4 Å². The van der Waals surface area contributed by atoms with Gasteiger partial charge in [-0.2, -0.15) is 5.10 Å². The van der Waals surface area contributed by atoms with Gasteiger partial charge in [-0.1, -0.05) is 11.3 Å². The lowest BCUT2D eigenvalue weighted by Gasteiger charge is -2.11. The Morgan fingerprint density at radius 3 is 2.73 bits per heavy atom. The van der Waals surface area contributed by atoms with Gasteiger partial charge in [0.2, 0.25) is 22.0 Å². The molecule has 0 unspecified atom stereocenters. The summed E-state index contributed by atoms with van der Waals surface area (Å²) >= 11 is 1.05. The highest BCUT2D eigenvalue weighted by Crippen LogP contribution is 2.25. The number of nitrogens with one attached hydrogen (secondary N) is 2. The second kappa shape index (κ2) is 9.23. The number of carbonyl (C=O) groups is 2. The molecule has 0 spiro atoms. The van der Waals surface area contributed by atoms with Crippen LogP contribution in [0.2, 0.25) is 0 Å². The molecule has 0 fully saturated rings. The number of nitrogens with zero attached hydrogens (tertiary/aromatic N) is 6. The first-order valence-electron chi connectivity index (χ1n) is 9.13. The van der Waals surface area contributed by atoms with Crippen molar-refractivity contribution in [1.82, 2.24) is 29.9 Å². The fraction of sp³-hybridized carbons (Fsp3) is 0.111. The Labute approximate surface area is 187 Å². The van der Waals surface area contributed by atoms with Crippen LogP contribution >= 0.6 is 11.3 Å². The average Bonchev–Trinajstić information content (AvgIpc) is 3.42. The van der Waals surface area contributed by atoms with Gasteiger partial charge in [-0.25, -0.2) is 24.2 Å². The standard InChI is InChI=1S/C18H14N8O6S/c1-9-3-6-21-26(9)18-25-24-17(33-18)23-14(29)11-7-10(22-16-19-4-2-5-20-16)13(15(30)32-11)31-8-12(27)28/h2-7H,8H2,1H3,(H,27,28)(H,19,20,22)(H,23,24,29). The third-order valence-electron chi connectivity index (χ3n) is 3.93. The molecule has 0 saturated carbocycles. The van der Waals surface area contributed by atoms with Gasteiger partial charge in [0.15, 0.2) is 12.4 Å². The number of carboxylic acid groups (broad SMARTS) is 1. The van der Waals surface area contributed by atoms with E-state index in [0.717, 1.165) is 23.1 Å². The molecule has 15 heteroatoms. The maximum Gasteiger partial charge on any atom is 0.381 e. The lowest BCUT2D eigenvalue weighted by atomic mass is 10.3. The Kier molecular flexibility index (Phi) is 6.03. The normalized spacial score (nSPS) is 10.6. The zero-order valence-corrected chi connectivity index (χ0v) is 17.6. The lowest BCUT2D eigenvalue weighted by Crippen LogP contribution is -2.19. The van der Waals surface area contributed by atoms with Gasteiger partial charge in [0.1, 0.15) is 0 Å². The van der Waals surface area contributed by atoms with Gasteiger partial charge in [0.25, 0.3) is 5.91 Å². The van der Waals surface area contributed by atoms with Crippen LogP contribution in [0.1, 0.15) is 16.2 Å². The number of aromatic nitrogens is 6. The molecule has 0 aliphatic carbocycles. The van der Waals surface area contributed by atoms with E-state index < -0.39 is 35.6 Å². The molecule has 0 aliphatic rings. The molecule has 0 aliphatic heterocycles. The Balaban J connectivity index is 1.61. The number of amides is 1. The molecule has 33 heavy (non-hydrogen) atoms. The predicted molar refractivity (Wildman–Crippen MR) is 113 cm³/mol. The second-order valence-electron chi connectivity index (χ2n) is 6.25. The van der Waals surface area contributed by atoms with E-state index in [4.69, 9.17) is 14.3 Å². The number of hydrogen-bond acceptors (Lipinski definition) is 12. The SMILES string of the molecule is Cc1ccnn1-c1nnc(NC(=O)c2cc(Nc3ncccn3)c(OCC(=O)O)c(=O)o2)s1. The average molecular weight is 470 g/mol.